The SMILES string of the molecule is CCCOC(=O)c1cccc(NC(=O)c2sc3ncn(C)c(=O)c3c2C)c1. The maximum Gasteiger partial charge on any atom is 0.338 e. The molecule has 140 valence electrons. The molecule has 1 N–H and O–H groups in total. The smallest absolute Gasteiger partial charge is 0.338 e. The highest BCUT2D eigenvalue weighted by Crippen LogP contribution is 2.27. The molecule has 0 spiro atoms. The number of carbonyl (C=O) groups is 2. The zero-order chi connectivity index (χ0) is 19.6. The van der Waals surface area contributed by atoms with Gasteiger partial charge in [0.25, 0.3) is 11.5 Å². The van der Waals surface area contributed by atoms with Gasteiger partial charge in [0.2, 0.25) is 0 Å². The van der Waals surface area contributed by atoms with Gasteiger partial charge in [0.05, 0.1) is 28.8 Å². The average molecular weight is 385 g/mol. The lowest BCUT2D eigenvalue weighted by molar-refractivity contribution is 0.0505. The van der Waals surface area contributed by atoms with Crippen molar-refractivity contribution in [2.24, 2.45) is 7.05 Å². The van der Waals surface area contributed by atoms with Crippen molar-refractivity contribution in [2.45, 2.75) is 20.3 Å². The first kappa shape index (κ1) is 18.8. The summed E-state index contributed by atoms with van der Waals surface area (Å²) in [5.41, 5.74) is 1.25. The van der Waals surface area contributed by atoms with E-state index in [2.05, 4.69) is 10.3 Å². The maximum atomic E-state index is 12.7. The number of aryl methyl sites for hydroxylation is 2. The Bertz CT molecular complexity index is 1080. The van der Waals surface area contributed by atoms with Gasteiger partial charge < -0.3 is 14.6 Å². The number of thiophene rings is 1. The van der Waals surface area contributed by atoms with E-state index in [4.69, 9.17) is 4.74 Å². The second kappa shape index (κ2) is 7.71. The van der Waals surface area contributed by atoms with Crippen molar-refractivity contribution < 1.29 is 14.3 Å². The predicted octanol–water partition coefficient (Wildman–Crippen LogP) is 3.12. The molecule has 1 aromatic carbocycles. The zero-order valence-corrected chi connectivity index (χ0v) is 16.1. The number of aromatic nitrogens is 2. The van der Waals surface area contributed by atoms with E-state index in [1.165, 1.54) is 22.2 Å². The number of fused-ring (bicyclic) bond motifs is 1. The molecule has 2 heterocycles. The quantitative estimate of drug-likeness (QED) is 0.682. The molecular formula is C19H19N3O4S. The number of benzene rings is 1. The molecule has 0 aliphatic rings. The molecule has 0 atom stereocenters. The first-order chi connectivity index (χ1) is 12.9. The Morgan fingerprint density at radius 3 is 2.85 bits per heavy atom. The van der Waals surface area contributed by atoms with Gasteiger partial charge in [0.1, 0.15) is 4.83 Å². The number of ether oxygens (including phenoxy) is 1. The molecule has 0 aliphatic heterocycles. The lowest BCUT2D eigenvalue weighted by Gasteiger charge is -2.07. The van der Waals surface area contributed by atoms with Crippen LogP contribution in [0.4, 0.5) is 5.69 Å². The molecule has 0 aliphatic carbocycles. The Hall–Kier alpha value is -3.00. The number of esters is 1. The predicted molar refractivity (Wildman–Crippen MR) is 105 cm³/mol. The standard InChI is InChI=1S/C19H19N3O4S/c1-4-8-26-19(25)12-6-5-7-13(9-12)21-16(23)15-11(2)14-17(27-15)20-10-22(3)18(14)24/h5-7,9-10H,4,8H2,1-3H3,(H,21,23). The molecule has 0 saturated heterocycles. The van der Waals surface area contributed by atoms with E-state index < -0.39 is 5.97 Å². The number of rotatable bonds is 5. The van der Waals surface area contributed by atoms with Crippen LogP contribution in [0.1, 0.15) is 38.9 Å². The summed E-state index contributed by atoms with van der Waals surface area (Å²) >= 11 is 1.17. The number of anilines is 1. The molecule has 0 fully saturated rings. The topological polar surface area (TPSA) is 90.3 Å². The van der Waals surface area contributed by atoms with Crippen LogP contribution in [0, 0.1) is 6.92 Å². The molecule has 0 unspecified atom stereocenters. The lowest BCUT2D eigenvalue weighted by atomic mass is 10.2. The molecule has 1 amide bonds. The molecule has 7 nitrogen and oxygen atoms in total. The van der Waals surface area contributed by atoms with Gasteiger partial charge in [-0.25, -0.2) is 9.78 Å². The summed E-state index contributed by atoms with van der Waals surface area (Å²) < 4.78 is 6.49. The molecule has 8 heteroatoms. The van der Waals surface area contributed by atoms with Crippen molar-refractivity contribution in [2.75, 3.05) is 11.9 Å². The number of hydrogen-bond donors (Lipinski definition) is 1. The van der Waals surface area contributed by atoms with Crippen LogP contribution >= 0.6 is 11.3 Å². The Morgan fingerprint density at radius 2 is 2.11 bits per heavy atom. The van der Waals surface area contributed by atoms with Crippen LogP contribution in [0.15, 0.2) is 35.4 Å². The monoisotopic (exact) mass is 385 g/mol. The fourth-order valence-corrected chi connectivity index (χ4v) is 3.65. The first-order valence-corrected chi connectivity index (χ1v) is 9.27. The van der Waals surface area contributed by atoms with Crippen molar-refractivity contribution in [3.63, 3.8) is 0 Å². The summed E-state index contributed by atoms with van der Waals surface area (Å²) in [6.45, 7) is 3.99. The van der Waals surface area contributed by atoms with Crippen molar-refractivity contribution in [1.82, 2.24) is 9.55 Å². The van der Waals surface area contributed by atoms with E-state index in [1.807, 2.05) is 6.92 Å². The molecule has 0 bridgehead atoms. The summed E-state index contributed by atoms with van der Waals surface area (Å²) in [7, 11) is 1.62. The number of amides is 1. The third-order valence-electron chi connectivity index (χ3n) is 4.01. The second-order valence-electron chi connectivity index (χ2n) is 6.07. The molecule has 0 saturated carbocycles. The average Bonchev–Trinajstić information content (AvgIpc) is 3.00. The Morgan fingerprint density at radius 1 is 1.33 bits per heavy atom. The summed E-state index contributed by atoms with van der Waals surface area (Å²) in [4.78, 5) is 42.1. The molecule has 2 aromatic heterocycles. The summed E-state index contributed by atoms with van der Waals surface area (Å²) in [6, 6.07) is 6.56. The Labute approximate surface area is 159 Å². The molecule has 3 rings (SSSR count). The van der Waals surface area contributed by atoms with E-state index >= 15 is 0 Å². The van der Waals surface area contributed by atoms with Gasteiger partial charge in [0, 0.05) is 12.7 Å². The highest BCUT2D eigenvalue weighted by atomic mass is 32.1. The van der Waals surface area contributed by atoms with Gasteiger partial charge in [-0.1, -0.05) is 13.0 Å². The lowest BCUT2D eigenvalue weighted by Crippen LogP contribution is -2.17. The summed E-state index contributed by atoms with van der Waals surface area (Å²) in [5.74, 6) is -0.782. The zero-order valence-electron chi connectivity index (χ0n) is 15.2. The van der Waals surface area contributed by atoms with Gasteiger partial charge >= 0.3 is 5.97 Å². The van der Waals surface area contributed by atoms with Crippen LogP contribution in [0.3, 0.4) is 0 Å². The van der Waals surface area contributed by atoms with Crippen molar-refractivity contribution >= 4 is 39.1 Å². The number of nitrogens with one attached hydrogen (secondary N) is 1. The molecule has 27 heavy (non-hydrogen) atoms. The minimum absolute atomic E-state index is 0.187. The van der Waals surface area contributed by atoms with Gasteiger partial charge in [-0.05, 0) is 37.1 Å². The van der Waals surface area contributed by atoms with Crippen LogP contribution in [0.25, 0.3) is 10.2 Å². The van der Waals surface area contributed by atoms with E-state index in [-0.39, 0.29) is 11.5 Å². The second-order valence-corrected chi connectivity index (χ2v) is 7.07. The fourth-order valence-electron chi connectivity index (χ4n) is 2.62. The van der Waals surface area contributed by atoms with E-state index in [0.717, 1.165) is 6.42 Å². The normalized spacial score (nSPS) is 10.8. The van der Waals surface area contributed by atoms with Crippen LogP contribution in [0.2, 0.25) is 0 Å². The van der Waals surface area contributed by atoms with E-state index in [9.17, 15) is 14.4 Å². The molecule has 0 radical (unpaired) electrons. The van der Waals surface area contributed by atoms with Crippen molar-refractivity contribution in [1.29, 1.82) is 0 Å². The first-order valence-electron chi connectivity index (χ1n) is 8.45. The number of hydrogen-bond acceptors (Lipinski definition) is 6. The van der Waals surface area contributed by atoms with Crippen molar-refractivity contribution in [3.8, 4) is 0 Å². The van der Waals surface area contributed by atoms with Crippen molar-refractivity contribution in [3.05, 3.63) is 57.0 Å². The molecular weight excluding hydrogens is 366 g/mol. The van der Waals surface area contributed by atoms with Gasteiger partial charge in [-0.2, -0.15) is 0 Å². The highest BCUT2D eigenvalue weighted by Gasteiger charge is 2.19. The van der Waals surface area contributed by atoms with E-state index in [1.54, 1.807) is 38.2 Å². The molecule has 3 aromatic rings. The Balaban J connectivity index is 1.87. The third-order valence-corrected chi connectivity index (χ3v) is 5.21. The summed E-state index contributed by atoms with van der Waals surface area (Å²) in [6.07, 6.45) is 2.18. The minimum Gasteiger partial charge on any atom is -0.462 e. The van der Waals surface area contributed by atoms with Gasteiger partial charge in [-0.3, -0.25) is 9.59 Å². The number of nitrogens with zero attached hydrogens (tertiary/aromatic N) is 2. The largest absolute Gasteiger partial charge is 0.462 e. The van der Waals surface area contributed by atoms with Crippen LogP contribution < -0.4 is 10.9 Å². The Kier molecular flexibility index (Phi) is 5.36. The summed E-state index contributed by atoms with van der Waals surface area (Å²) in [5, 5.41) is 3.22. The number of carbonyl (C=O) groups excluding carboxylic acids is 2. The van der Waals surface area contributed by atoms with Gasteiger partial charge in [-0.15, -0.1) is 11.3 Å². The van der Waals surface area contributed by atoms with Crippen LogP contribution in [-0.2, 0) is 11.8 Å². The third kappa shape index (κ3) is 3.75. The maximum absolute atomic E-state index is 12.7. The van der Waals surface area contributed by atoms with Gasteiger partial charge in [0.15, 0.2) is 0 Å². The van der Waals surface area contributed by atoms with Crippen LogP contribution in [0.5, 0.6) is 0 Å². The van der Waals surface area contributed by atoms with Crippen LogP contribution in [-0.4, -0.2) is 28.0 Å². The minimum atomic E-state index is -0.432. The van der Waals surface area contributed by atoms with E-state index in [0.29, 0.717) is 38.5 Å². The highest BCUT2D eigenvalue weighted by molar-refractivity contribution is 7.20. The fraction of sp³-hybridized carbons (Fsp3) is 0.263.